The van der Waals surface area contributed by atoms with E-state index in [4.69, 9.17) is 4.74 Å². The van der Waals surface area contributed by atoms with Crippen molar-refractivity contribution in [3.05, 3.63) is 63.2 Å². The SMILES string of the molecule is Cc1ccc(OCc2c(C)cccc2-n2nnn(C)c2=O)nc1C1CC1. The average Bonchev–Trinajstić information content (AvgIpc) is 3.42. The number of aryl methyl sites for hydroxylation is 3. The minimum Gasteiger partial charge on any atom is -0.473 e. The van der Waals surface area contributed by atoms with E-state index in [1.807, 2.05) is 31.2 Å². The lowest BCUT2D eigenvalue weighted by atomic mass is 10.1. The predicted octanol–water partition coefficient (Wildman–Crippen LogP) is 2.43. The second kappa shape index (κ2) is 6.40. The van der Waals surface area contributed by atoms with Gasteiger partial charge in [0.25, 0.3) is 0 Å². The molecule has 0 amide bonds. The van der Waals surface area contributed by atoms with Gasteiger partial charge in [0.15, 0.2) is 0 Å². The number of hydrogen-bond donors (Lipinski definition) is 0. The first-order chi connectivity index (χ1) is 12.5. The summed E-state index contributed by atoms with van der Waals surface area (Å²) < 4.78 is 8.47. The molecule has 0 radical (unpaired) electrons. The van der Waals surface area contributed by atoms with E-state index in [9.17, 15) is 4.79 Å². The van der Waals surface area contributed by atoms with E-state index in [0.717, 1.165) is 16.8 Å². The quantitative estimate of drug-likeness (QED) is 0.706. The molecule has 3 aromatic rings. The van der Waals surface area contributed by atoms with Crippen molar-refractivity contribution < 1.29 is 4.74 Å². The number of nitrogens with zero attached hydrogens (tertiary/aromatic N) is 5. The van der Waals surface area contributed by atoms with Crippen LogP contribution in [0.25, 0.3) is 5.69 Å². The van der Waals surface area contributed by atoms with Crippen molar-refractivity contribution in [1.29, 1.82) is 0 Å². The van der Waals surface area contributed by atoms with Crippen molar-refractivity contribution in [1.82, 2.24) is 24.8 Å². The maximum atomic E-state index is 12.2. The molecule has 0 atom stereocenters. The van der Waals surface area contributed by atoms with Crippen LogP contribution in [-0.4, -0.2) is 24.8 Å². The third-order valence-corrected chi connectivity index (χ3v) is 4.77. The molecule has 134 valence electrons. The van der Waals surface area contributed by atoms with E-state index >= 15 is 0 Å². The van der Waals surface area contributed by atoms with Crippen LogP contribution < -0.4 is 10.4 Å². The number of hydrogen-bond acceptors (Lipinski definition) is 5. The Labute approximate surface area is 151 Å². The van der Waals surface area contributed by atoms with Gasteiger partial charge in [-0.15, -0.1) is 0 Å². The fourth-order valence-electron chi connectivity index (χ4n) is 3.06. The normalized spacial score (nSPS) is 13.8. The summed E-state index contributed by atoms with van der Waals surface area (Å²) in [6.07, 6.45) is 2.41. The smallest absolute Gasteiger partial charge is 0.368 e. The van der Waals surface area contributed by atoms with Gasteiger partial charge < -0.3 is 4.74 Å². The Morgan fingerprint density at radius 1 is 1.12 bits per heavy atom. The van der Waals surface area contributed by atoms with Gasteiger partial charge in [0.05, 0.1) is 11.4 Å². The van der Waals surface area contributed by atoms with Crippen LogP contribution in [0.1, 0.15) is 41.1 Å². The van der Waals surface area contributed by atoms with Crippen molar-refractivity contribution in [2.24, 2.45) is 7.05 Å². The zero-order valence-electron chi connectivity index (χ0n) is 15.1. The third-order valence-electron chi connectivity index (χ3n) is 4.77. The Hall–Kier alpha value is -2.96. The summed E-state index contributed by atoms with van der Waals surface area (Å²) in [6.45, 7) is 4.39. The zero-order chi connectivity index (χ0) is 18.3. The molecule has 26 heavy (non-hydrogen) atoms. The lowest BCUT2D eigenvalue weighted by molar-refractivity contribution is 0.291. The van der Waals surface area contributed by atoms with Crippen LogP contribution in [0, 0.1) is 13.8 Å². The third kappa shape index (κ3) is 3.00. The molecule has 0 unspecified atom stereocenters. The van der Waals surface area contributed by atoms with Gasteiger partial charge in [-0.05, 0) is 54.3 Å². The molecular formula is C19H21N5O2. The maximum Gasteiger partial charge on any atom is 0.368 e. The van der Waals surface area contributed by atoms with Crippen LogP contribution in [0.2, 0.25) is 0 Å². The maximum absolute atomic E-state index is 12.2. The molecule has 0 N–H and O–H groups in total. The topological polar surface area (TPSA) is 74.8 Å². The number of ether oxygens (including phenoxy) is 1. The largest absolute Gasteiger partial charge is 0.473 e. The second-order valence-electron chi connectivity index (χ2n) is 6.78. The van der Waals surface area contributed by atoms with Crippen molar-refractivity contribution >= 4 is 0 Å². The van der Waals surface area contributed by atoms with Crippen LogP contribution >= 0.6 is 0 Å². The molecule has 0 bridgehead atoms. The van der Waals surface area contributed by atoms with Crippen LogP contribution in [0.5, 0.6) is 5.88 Å². The Kier molecular flexibility index (Phi) is 4.06. The van der Waals surface area contributed by atoms with Crippen LogP contribution in [0.15, 0.2) is 35.1 Å². The minimum atomic E-state index is -0.290. The summed E-state index contributed by atoms with van der Waals surface area (Å²) in [7, 11) is 1.58. The van der Waals surface area contributed by atoms with Gasteiger partial charge in [0.1, 0.15) is 6.61 Å². The lowest BCUT2D eigenvalue weighted by Crippen LogP contribution is -2.23. The van der Waals surface area contributed by atoms with Crippen LogP contribution in [-0.2, 0) is 13.7 Å². The van der Waals surface area contributed by atoms with Gasteiger partial charge >= 0.3 is 5.69 Å². The highest BCUT2D eigenvalue weighted by Crippen LogP contribution is 2.41. The summed E-state index contributed by atoms with van der Waals surface area (Å²) >= 11 is 0. The van der Waals surface area contributed by atoms with E-state index in [-0.39, 0.29) is 5.69 Å². The van der Waals surface area contributed by atoms with Gasteiger partial charge in [0, 0.05) is 24.6 Å². The molecule has 0 aliphatic heterocycles. The van der Waals surface area contributed by atoms with Gasteiger partial charge in [-0.1, -0.05) is 18.2 Å². The standard InChI is InChI=1S/C19H21N5O2/c1-12-5-4-6-16(24-19(25)23(3)21-22-24)15(12)11-26-17-10-7-13(2)18(20-17)14-8-9-14/h4-7,10,14H,8-9,11H2,1-3H3. The molecule has 7 heteroatoms. The first-order valence-electron chi connectivity index (χ1n) is 8.73. The molecule has 2 heterocycles. The monoisotopic (exact) mass is 351 g/mol. The van der Waals surface area contributed by atoms with Gasteiger partial charge in [0.2, 0.25) is 5.88 Å². The summed E-state index contributed by atoms with van der Waals surface area (Å²) in [4.78, 5) is 16.9. The summed E-state index contributed by atoms with van der Waals surface area (Å²) in [5.41, 5.74) is 4.65. The molecule has 2 aromatic heterocycles. The molecule has 4 rings (SSSR count). The van der Waals surface area contributed by atoms with E-state index in [1.54, 1.807) is 7.05 Å². The Morgan fingerprint density at radius 3 is 2.62 bits per heavy atom. The predicted molar refractivity (Wildman–Crippen MR) is 96.6 cm³/mol. The van der Waals surface area contributed by atoms with E-state index in [1.165, 1.54) is 27.8 Å². The molecular weight excluding hydrogens is 330 g/mol. The highest BCUT2D eigenvalue weighted by Gasteiger charge is 2.27. The van der Waals surface area contributed by atoms with Gasteiger partial charge in [-0.25, -0.2) is 9.78 Å². The second-order valence-corrected chi connectivity index (χ2v) is 6.78. The van der Waals surface area contributed by atoms with Crippen molar-refractivity contribution in [2.45, 2.75) is 39.2 Å². The van der Waals surface area contributed by atoms with E-state index in [0.29, 0.717) is 24.1 Å². The van der Waals surface area contributed by atoms with Gasteiger partial charge in [-0.2, -0.15) is 9.36 Å². The zero-order valence-corrected chi connectivity index (χ0v) is 15.1. The highest BCUT2D eigenvalue weighted by atomic mass is 16.5. The summed E-state index contributed by atoms with van der Waals surface area (Å²) in [6, 6.07) is 9.68. The Bertz CT molecular complexity index is 1020. The fraction of sp³-hybridized carbons (Fsp3) is 0.368. The molecule has 1 saturated carbocycles. The summed E-state index contributed by atoms with van der Waals surface area (Å²) in [5, 5.41) is 7.74. The lowest BCUT2D eigenvalue weighted by Gasteiger charge is -2.13. The van der Waals surface area contributed by atoms with Gasteiger partial charge in [-0.3, -0.25) is 0 Å². The molecule has 7 nitrogen and oxygen atoms in total. The van der Waals surface area contributed by atoms with Crippen LogP contribution in [0.3, 0.4) is 0 Å². The van der Waals surface area contributed by atoms with E-state index < -0.39 is 0 Å². The molecule has 0 saturated heterocycles. The van der Waals surface area contributed by atoms with E-state index in [2.05, 4.69) is 28.4 Å². The molecule has 1 aliphatic rings. The van der Waals surface area contributed by atoms with Crippen molar-refractivity contribution in [2.75, 3.05) is 0 Å². The number of rotatable bonds is 5. The highest BCUT2D eigenvalue weighted by molar-refractivity contribution is 5.44. The van der Waals surface area contributed by atoms with Crippen molar-refractivity contribution in [3.63, 3.8) is 0 Å². The van der Waals surface area contributed by atoms with Crippen molar-refractivity contribution in [3.8, 4) is 11.6 Å². The number of benzene rings is 1. The first-order valence-corrected chi connectivity index (χ1v) is 8.73. The Balaban J connectivity index is 1.64. The molecule has 1 fully saturated rings. The first kappa shape index (κ1) is 16.5. The average molecular weight is 351 g/mol. The Morgan fingerprint density at radius 2 is 1.92 bits per heavy atom. The summed E-state index contributed by atoms with van der Waals surface area (Å²) in [5.74, 6) is 1.18. The van der Waals surface area contributed by atoms with Crippen LogP contribution in [0.4, 0.5) is 0 Å². The minimum absolute atomic E-state index is 0.290. The molecule has 1 aromatic carbocycles. The number of tetrazole rings is 1. The molecule has 1 aliphatic carbocycles. The fourth-order valence-corrected chi connectivity index (χ4v) is 3.06. The number of pyridine rings is 1. The number of aromatic nitrogens is 5. The molecule has 0 spiro atoms.